The van der Waals surface area contributed by atoms with Gasteiger partial charge in [-0.3, -0.25) is 0 Å². The summed E-state index contributed by atoms with van der Waals surface area (Å²) in [7, 11) is 0. The van der Waals surface area contributed by atoms with Gasteiger partial charge < -0.3 is 0 Å². The van der Waals surface area contributed by atoms with Crippen LogP contribution in [0.5, 0.6) is 0 Å². The molecule has 14 heavy (non-hydrogen) atoms. The van der Waals surface area contributed by atoms with E-state index in [-0.39, 0.29) is 12.6 Å². The van der Waals surface area contributed by atoms with Crippen molar-refractivity contribution in [3.05, 3.63) is 0 Å². The first kappa shape index (κ1) is 18.2. The molecule has 0 N–H and O–H groups in total. The van der Waals surface area contributed by atoms with Crippen molar-refractivity contribution in [3.63, 3.8) is 0 Å². The Morgan fingerprint density at radius 1 is 1.43 bits per heavy atom. The first-order valence-corrected chi connectivity index (χ1v) is 26.5. The first-order valence-electron chi connectivity index (χ1n) is 3.23. The third kappa shape index (κ3) is 13.8. The van der Waals surface area contributed by atoms with E-state index in [2.05, 4.69) is 23.5 Å². The minimum atomic E-state index is -3.21. The zero-order valence-corrected chi connectivity index (χ0v) is 17.4. The van der Waals surface area contributed by atoms with Crippen molar-refractivity contribution >= 4 is 32.6 Å². The van der Waals surface area contributed by atoms with Crippen LogP contribution in [0.15, 0.2) is 0 Å². The van der Waals surface area contributed by atoms with E-state index in [0.29, 0.717) is 0 Å². The van der Waals surface area contributed by atoms with Gasteiger partial charge in [0.05, 0.1) is 0 Å². The predicted molar refractivity (Wildman–Crippen MR) is 24.6 cm³/mol. The molecule has 0 aliphatic carbocycles. The van der Waals surface area contributed by atoms with Crippen LogP contribution in [0.4, 0.5) is 4.79 Å². The van der Waals surface area contributed by atoms with Crippen molar-refractivity contribution in [2.24, 2.45) is 0 Å². The van der Waals surface area contributed by atoms with Crippen molar-refractivity contribution in [1.29, 1.82) is 0 Å². The Morgan fingerprint density at radius 3 is 2.43 bits per heavy atom. The van der Waals surface area contributed by atoms with Crippen molar-refractivity contribution in [1.82, 2.24) is 0 Å². The summed E-state index contributed by atoms with van der Waals surface area (Å²) in [6.07, 6.45) is -0.876. The second kappa shape index (κ2) is 14.8. The van der Waals surface area contributed by atoms with Gasteiger partial charge in [-0.05, 0) is 0 Å². The summed E-state index contributed by atoms with van der Waals surface area (Å²) >= 11 is -4.52. The van der Waals surface area contributed by atoms with Gasteiger partial charge in [0.15, 0.2) is 0 Å². The maximum absolute atomic E-state index is 10.6. The molecule has 0 radical (unpaired) electrons. The zero-order chi connectivity index (χ0) is 11.4. The molecule has 0 bridgehead atoms. The fourth-order valence-electron chi connectivity index (χ4n) is 0.348. The van der Waals surface area contributed by atoms with Crippen LogP contribution in [0.2, 0.25) is 0 Å². The Labute approximate surface area is 113 Å². The second-order valence-corrected chi connectivity index (χ2v) is 27.3. The Balaban J connectivity index is 0. The molecule has 0 aromatic heterocycles. The third-order valence-corrected chi connectivity index (χ3v) is 15.2. The van der Waals surface area contributed by atoms with E-state index in [1.54, 1.807) is 0 Å². The average molecular weight is 438 g/mol. The summed E-state index contributed by atoms with van der Waals surface area (Å²) in [6, 6.07) is 0. The summed E-state index contributed by atoms with van der Waals surface area (Å²) < 4.78 is 47.3. The molecule has 0 rings (SSSR count). The fourth-order valence-corrected chi connectivity index (χ4v) is 7.86. The molecule has 0 saturated carbocycles. The van der Waals surface area contributed by atoms with Gasteiger partial charge in [0, 0.05) is 0 Å². The number of hydrogen-bond acceptors (Lipinski definition) is 7. The minimum absolute atomic E-state index is 0.164. The summed E-state index contributed by atoms with van der Waals surface area (Å²) in [5, 5.41) is 0. The first-order chi connectivity index (χ1) is 6.70. The molecule has 0 spiro atoms. The molecule has 13 heteroatoms. The average Bonchev–Trinajstić information content (AvgIpc) is 2.25. The molecule has 0 aliphatic heterocycles. The van der Waals surface area contributed by atoms with Crippen LogP contribution in [-0.2, 0) is 77.8 Å². The van der Waals surface area contributed by atoms with Crippen LogP contribution in [0.1, 0.15) is 0 Å². The van der Waals surface area contributed by atoms with Gasteiger partial charge in [-0.15, -0.1) is 0 Å². The monoisotopic (exact) mass is 434 g/mol. The third-order valence-electron chi connectivity index (χ3n) is 0.765. The quantitative estimate of drug-likeness (QED) is 0.471. The van der Waals surface area contributed by atoms with Crippen LogP contribution in [0, 0.1) is 0 Å². The Morgan fingerprint density at radius 2 is 2.00 bits per heavy atom. The van der Waals surface area contributed by atoms with E-state index >= 15 is 0 Å². The van der Waals surface area contributed by atoms with Gasteiger partial charge in [-0.1, -0.05) is 0 Å². The SMILES string of the molecule is [O]=[Cu].[O]=[Cu][Zn](=[O])[AlH][O]C(=O)[O][AlH][Zn]=[O]. The Bertz CT molecular complexity index is 224. The number of rotatable bonds is 5. The normalized spacial score (nSPS) is 6.64. The standard InChI is InChI=1S/CH2O3.2Al.2Cu.4O.2Zn.2H/c2-1(3)4;;;;;;;;;;;;/h(H2,2,3,4);;;;;;;;;;;;/q;2*+1;;;;;;;;;;/p-2. The molecule has 0 atom stereocenters. The number of carbonyl (C=O) groups excluding carboxylic acids is 1. The number of hydrogen-bond donors (Lipinski definition) is 0. The predicted octanol–water partition coefficient (Wildman–Crippen LogP) is -1.71. The van der Waals surface area contributed by atoms with Gasteiger partial charge in [0.2, 0.25) is 0 Å². The molecule has 0 unspecified atom stereocenters. The van der Waals surface area contributed by atoms with E-state index in [4.69, 9.17) is 3.83 Å². The van der Waals surface area contributed by atoms with Gasteiger partial charge in [0.1, 0.15) is 0 Å². The molecular weight excluding hydrogens is 436 g/mol. The fraction of sp³-hybridized carbons (Fsp3) is 0. The molecule has 80 valence electrons. The van der Waals surface area contributed by atoms with Gasteiger partial charge in [-0.25, -0.2) is 0 Å². The molecule has 7 nitrogen and oxygen atoms in total. The van der Waals surface area contributed by atoms with Crippen LogP contribution in [-0.4, -0.2) is 32.6 Å². The molecule has 0 saturated heterocycles. The second-order valence-electron chi connectivity index (χ2n) is 1.68. The van der Waals surface area contributed by atoms with Gasteiger partial charge >= 0.3 is 115 Å². The van der Waals surface area contributed by atoms with Crippen molar-refractivity contribution in [2.75, 3.05) is 0 Å². The Kier molecular flexibility index (Phi) is 19.3. The van der Waals surface area contributed by atoms with E-state index in [1.165, 1.54) is 0 Å². The molecule has 0 amide bonds. The molecule has 0 fully saturated rings. The molecule has 0 aliphatic rings. The van der Waals surface area contributed by atoms with E-state index in [9.17, 15) is 15.8 Å². The summed E-state index contributed by atoms with van der Waals surface area (Å²) in [4.78, 5) is 10.5. The van der Waals surface area contributed by atoms with E-state index in [0.717, 1.165) is 0 Å². The van der Waals surface area contributed by atoms with Crippen molar-refractivity contribution in [2.45, 2.75) is 0 Å². The Hall–Kier alpha value is 1.82. The molecule has 0 heterocycles. The topological polar surface area (TPSA) is 104 Å². The van der Waals surface area contributed by atoms with Gasteiger partial charge in [-0.2, -0.15) is 0 Å². The summed E-state index contributed by atoms with van der Waals surface area (Å²) in [5.41, 5.74) is 0. The van der Waals surface area contributed by atoms with Crippen LogP contribution >= 0.6 is 0 Å². The summed E-state index contributed by atoms with van der Waals surface area (Å²) in [6.45, 7) is 0. The van der Waals surface area contributed by atoms with E-state index in [1.807, 2.05) is 0 Å². The molecular formula is CH2Al2Cu2O7Zn2. The van der Waals surface area contributed by atoms with Crippen LogP contribution in [0.25, 0.3) is 0 Å². The summed E-state index contributed by atoms with van der Waals surface area (Å²) in [5.74, 6) is 0. The van der Waals surface area contributed by atoms with Crippen LogP contribution < -0.4 is 0 Å². The van der Waals surface area contributed by atoms with Crippen molar-refractivity contribution < 1.29 is 82.6 Å². The van der Waals surface area contributed by atoms with Gasteiger partial charge in [0.25, 0.3) is 0 Å². The van der Waals surface area contributed by atoms with E-state index < -0.39 is 59.5 Å². The molecule has 0 aromatic rings. The maximum atomic E-state index is 10.6. The van der Waals surface area contributed by atoms with Crippen LogP contribution in [0.3, 0.4) is 0 Å². The number of carbonyl (C=O) groups is 1. The molecule has 0 aromatic carbocycles. The van der Waals surface area contributed by atoms with Crippen molar-refractivity contribution in [3.8, 4) is 0 Å². The zero-order valence-electron chi connectivity index (χ0n) is 6.79.